The summed E-state index contributed by atoms with van der Waals surface area (Å²) in [6, 6.07) is 6.94. The summed E-state index contributed by atoms with van der Waals surface area (Å²) in [6.07, 6.45) is 1.58. The molecule has 0 saturated carbocycles. The number of anilines is 2. The van der Waals surface area contributed by atoms with E-state index in [9.17, 15) is 9.18 Å². The van der Waals surface area contributed by atoms with Gasteiger partial charge in [0.05, 0.1) is 17.9 Å². The number of nitrogens with one attached hydrogen (secondary N) is 2. The third-order valence-corrected chi connectivity index (χ3v) is 3.58. The Labute approximate surface area is 123 Å². The fraction of sp³-hybridized carbons (Fsp3) is 0.154. The van der Waals surface area contributed by atoms with Crippen molar-refractivity contribution in [2.45, 2.75) is 6.54 Å². The van der Waals surface area contributed by atoms with E-state index in [-0.39, 0.29) is 0 Å². The Kier molecular flexibility index (Phi) is 3.23. The minimum absolute atomic E-state index is 0.316. The van der Waals surface area contributed by atoms with Crippen molar-refractivity contribution in [1.82, 2.24) is 10.1 Å². The standard InChI is InChI=1S/C13H12BrFN4O/c1-18-12-4-8(2-3-11(12)16-17-18)6-19-7-9(14)5-10(15)13(19)20/h2-5,7,16-17H,6H2,1H3. The SMILES string of the molecule is CN1NNc2ccc(Cn3cc(Br)cc(F)c3=O)cc21. The van der Waals surface area contributed by atoms with Crippen LogP contribution in [0.3, 0.4) is 0 Å². The number of hydrazine groups is 2. The van der Waals surface area contributed by atoms with Gasteiger partial charge < -0.3 is 9.99 Å². The predicted molar refractivity (Wildman–Crippen MR) is 79.1 cm³/mol. The Balaban J connectivity index is 1.97. The summed E-state index contributed by atoms with van der Waals surface area (Å²) >= 11 is 3.19. The van der Waals surface area contributed by atoms with Gasteiger partial charge in [-0.2, -0.15) is 0 Å². The van der Waals surface area contributed by atoms with Gasteiger partial charge in [-0.25, -0.2) is 4.39 Å². The Morgan fingerprint density at radius 1 is 1.35 bits per heavy atom. The Morgan fingerprint density at radius 3 is 2.95 bits per heavy atom. The maximum Gasteiger partial charge on any atom is 0.286 e. The van der Waals surface area contributed by atoms with Crippen LogP contribution in [0.5, 0.6) is 0 Å². The van der Waals surface area contributed by atoms with Crippen LogP contribution in [0.4, 0.5) is 15.8 Å². The van der Waals surface area contributed by atoms with Crippen LogP contribution in [0, 0.1) is 5.82 Å². The van der Waals surface area contributed by atoms with Gasteiger partial charge in [0.2, 0.25) is 0 Å². The first-order chi connectivity index (χ1) is 9.54. The molecule has 2 N–H and O–H groups in total. The molecule has 0 aliphatic carbocycles. The lowest BCUT2D eigenvalue weighted by Gasteiger charge is -2.12. The van der Waals surface area contributed by atoms with Gasteiger partial charge in [-0.05, 0) is 39.7 Å². The first-order valence-electron chi connectivity index (χ1n) is 5.98. The average molecular weight is 339 g/mol. The molecule has 2 aromatic rings. The van der Waals surface area contributed by atoms with Crippen LogP contribution in [0.1, 0.15) is 5.56 Å². The molecule has 1 aliphatic rings. The second-order valence-corrected chi connectivity index (χ2v) is 5.50. The molecular formula is C13H12BrFN4O. The first kappa shape index (κ1) is 13.1. The van der Waals surface area contributed by atoms with E-state index < -0.39 is 11.4 Å². The third kappa shape index (κ3) is 2.30. The normalized spacial score (nSPS) is 13.2. The zero-order valence-electron chi connectivity index (χ0n) is 10.7. The van der Waals surface area contributed by atoms with Crippen molar-refractivity contribution in [3.63, 3.8) is 0 Å². The molecule has 1 aliphatic heterocycles. The Morgan fingerprint density at radius 2 is 2.15 bits per heavy atom. The van der Waals surface area contributed by atoms with E-state index in [0.29, 0.717) is 11.0 Å². The van der Waals surface area contributed by atoms with Crippen LogP contribution in [-0.2, 0) is 6.54 Å². The van der Waals surface area contributed by atoms with E-state index in [0.717, 1.165) is 16.9 Å². The van der Waals surface area contributed by atoms with Crippen molar-refractivity contribution in [3.8, 4) is 0 Å². The number of hydrogen-bond donors (Lipinski definition) is 2. The number of fused-ring (bicyclic) bond motifs is 1. The quantitative estimate of drug-likeness (QED) is 0.880. The van der Waals surface area contributed by atoms with Gasteiger partial charge >= 0.3 is 0 Å². The maximum absolute atomic E-state index is 13.4. The lowest BCUT2D eigenvalue weighted by Crippen LogP contribution is -2.31. The highest BCUT2D eigenvalue weighted by molar-refractivity contribution is 9.10. The molecule has 104 valence electrons. The zero-order valence-corrected chi connectivity index (χ0v) is 12.2. The van der Waals surface area contributed by atoms with Crippen LogP contribution in [0.25, 0.3) is 0 Å². The summed E-state index contributed by atoms with van der Waals surface area (Å²) in [5, 5.41) is 1.84. The molecule has 20 heavy (non-hydrogen) atoms. The summed E-state index contributed by atoms with van der Waals surface area (Å²) in [4.78, 5) is 11.8. The summed E-state index contributed by atoms with van der Waals surface area (Å²) in [5.74, 6) is -0.763. The molecule has 2 heterocycles. The van der Waals surface area contributed by atoms with Gasteiger partial charge in [0.15, 0.2) is 5.82 Å². The summed E-state index contributed by atoms with van der Waals surface area (Å²) in [5.41, 5.74) is 8.19. The monoisotopic (exact) mass is 338 g/mol. The van der Waals surface area contributed by atoms with Crippen LogP contribution in [-0.4, -0.2) is 11.6 Å². The number of benzene rings is 1. The zero-order chi connectivity index (χ0) is 14.3. The van der Waals surface area contributed by atoms with Gasteiger partial charge in [-0.3, -0.25) is 9.80 Å². The van der Waals surface area contributed by atoms with Gasteiger partial charge in [-0.1, -0.05) is 6.07 Å². The number of nitrogens with zero attached hydrogens (tertiary/aromatic N) is 2. The Hall–Kier alpha value is -1.86. The van der Waals surface area contributed by atoms with Crippen LogP contribution >= 0.6 is 15.9 Å². The van der Waals surface area contributed by atoms with E-state index in [1.807, 2.05) is 30.3 Å². The van der Waals surface area contributed by atoms with Crippen molar-refractivity contribution in [2.75, 3.05) is 17.5 Å². The molecule has 1 aromatic heterocycles. The molecule has 0 fully saturated rings. The minimum atomic E-state index is -0.763. The molecular weight excluding hydrogens is 327 g/mol. The van der Waals surface area contributed by atoms with Crippen LogP contribution < -0.4 is 21.5 Å². The fourth-order valence-electron chi connectivity index (χ4n) is 2.14. The number of halogens is 2. The lowest BCUT2D eigenvalue weighted by molar-refractivity contribution is 0.579. The molecule has 1 aromatic carbocycles. The highest BCUT2D eigenvalue weighted by Gasteiger charge is 2.15. The predicted octanol–water partition coefficient (Wildman–Crippen LogP) is 2.08. The van der Waals surface area contributed by atoms with Crippen LogP contribution in [0.15, 0.2) is 39.7 Å². The minimum Gasteiger partial charge on any atom is -0.307 e. The largest absolute Gasteiger partial charge is 0.307 e. The van der Waals surface area contributed by atoms with E-state index in [1.54, 1.807) is 6.20 Å². The van der Waals surface area contributed by atoms with Crippen molar-refractivity contribution >= 4 is 27.3 Å². The van der Waals surface area contributed by atoms with E-state index in [4.69, 9.17) is 0 Å². The van der Waals surface area contributed by atoms with Gasteiger partial charge in [-0.15, -0.1) is 5.53 Å². The molecule has 3 rings (SSSR count). The molecule has 0 amide bonds. The average Bonchev–Trinajstić information content (AvgIpc) is 2.77. The smallest absolute Gasteiger partial charge is 0.286 e. The molecule has 0 atom stereocenters. The van der Waals surface area contributed by atoms with Crippen molar-refractivity contribution in [2.24, 2.45) is 0 Å². The highest BCUT2D eigenvalue weighted by atomic mass is 79.9. The first-order valence-corrected chi connectivity index (χ1v) is 6.78. The van der Waals surface area contributed by atoms with Crippen molar-refractivity contribution in [3.05, 3.63) is 56.7 Å². The van der Waals surface area contributed by atoms with Gasteiger partial charge in [0.25, 0.3) is 5.56 Å². The molecule has 7 heteroatoms. The van der Waals surface area contributed by atoms with Crippen molar-refractivity contribution in [1.29, 1.82) is 0 Å². The van der Waals surface area contributed by atoms with Crippen LogP contribution in [0.2, 0.25) is 0 Å². The highest BCUT2D eigenvalue weighted by Crippen LogP contribution is 2.28. The van der Waals surface area contributed by atoms with E-state index in [1.165, 1.54) is 10.6 Å². The molecule has 0 bridgehead atoms. The van der Waals surface area contributed by atoms with Gasteiger partial charge in [0.1, 0.15) is 0 Å². The second kappa shape index (κ2) is 4.92. The third-order valence-electron chi connectivity index (χ3n) is 3.14. The molecule has 0 spiro atoms. The number of aromatic nitrogens is 1. The fourth-order valence-corrected chi connectivity index (χ4v) is 2.59. The molecule has 0 unspecified atom stereocenters. The molecule has 0 radical (unpaired) electrons. The topological polar surface area (TPSA) is 49.3 Å². The van der Waals surface area contributed by atoms with Gasteiger partial charge in [0, 0.05) is 17.7 Å². The van der Waals surface area contributed by atoms with E-state index in [2.05, 4.69) is 26.9 Å². The molecule has 0 saturated heterocycles. The molecule has 5 nitrogen and oxygen atoms in total. The second-order valence-electron chi connectivity index (χ2n) is 4.59. The number of hydrogen-bond acceptors (Lipinski definition) is 4. The van der Waals surface area contributed by atoms with Crippen molar-refractivity contribution < 1.29 is 4.39 Å². The van der Waals surface area contributed by atoms with E-state index >= 15 is 0 Å². The Bertz CT molecular complexity index is 731. The maximum atomic E-state index is 13.4. The lowest BCUT2D eigenvalue weighted by atomic mass is 10.1. The number of pyridine rings is 1. The summed E-state index contributed by atoms with van der Waals surface area (Å²) in [7, 11) is 1.88. The summed E-state index contributed by atoms with van der Waals surface area (Å²) < 4.78 is 15.3. The number of rotatable bonds is 2. The summed E-state index contributed by atoms with van der Waals surface area (Å²) in [6.45, 7) is 0.316.